The van der Waals surface area contributed by atoms with Gasteiger partial charge >= 0.3 is 0 Å². The molecule has 0 radical (unpaired) electrons. The maximum Gasteiger partial charge on any atom is 0.191 e. The van der Waals surface area contributed by atoms with Crippen LogP contribution in [-0.2, 0) is 9.84 Å². The second-order valence-corrected chi connectivity index (χ2v) is 8.60. The fourth-order valence-corrected chi connectivity index (χ4v) is 3.50. The minimum Gasteiger partial charge on any atom is -0.357 e. The number of nitrogens with zero attached hydrogens (tertiary/aromatic N) is 1. The van der Waals surface area contributed by atoms with E-state index in [2.05, 4.69) is 36.4 Å². The van der Waals surface area contributed by atoms with Crippen molar-refractivity contribution in [1.82, 2.24) is 10.6 Å². The number of hydrogen-bond acceptors (Lipinski definition) is 3. The first-order valence-electron chi connectivity index (χ1n) is 8.78. The van der Waals surface area contributed by atoms with E-state index in [9.17, 15) is 12.8 Å². The van der Waals surface area contributed by atoms with Gasteiger partial charge in [-0.25, -0.2) is 12.8 Å². The van der Waals surface area contributed by atoms with Crippen LogP contribution in [0.4, 0.5) is 4.39 Å². The van der Waals surface area contributed by atoms with Gasteiger partial charge in [-0.2, -0.15) is 0 Å². The number of halogens is 2. The summed E-state index contributed by atoms with van der Waals surface area (Å²) < 4.78 is 38.2. The van der Waals surface area contributed by atoms with Crippen LogP contribution < -0.4 is 10.6 Å². The molecule has 5 nitrogen and oxygen atoms in total. The number of nitrogens with one attached hydrogen (secondary N) is 2. The van der Waals surface area contributed by atoms with Crippen molar-refractivity contribution < 1.29 is 12.8 Å². The van der Waals surface area contributed by atoms with Gasteiger partial charge in [0.1, 0.15) is 10.7 Å². The van der Waals surface area contributed by atoms with Crippen molar-refractivity contribution in [3.8, 4) is 0 Å². The van der Waals surface area contributed by atoms with Crippen LogP contribution in [-0.4, -0.2) is 39.3 Å². The topological polar surface area (TPSA) is 70.6 Å². The van der Waals surface area contributed by atoms with Crippen LogP contribution in [0.15, 0.2) is 34.2 Å². The molecule has 0 aliphatic carbocycles. The molecule has 0 saturated heterocycles. The Bertz CT molecular complexity index is 666. The maximum absolute atomic E-state index is 13.7. The lowest BCUT2D eigenvalue weighted by molar-refractivity contribution is 0.489. The van der Waals surface area contributed by atoms with E-state index in [-0.39, 0.29) is 47.2 Å². The van der Waals surface area contributed by atoms with Crippen LogP contribution in [0.1, 0.15) is 40.5 Å². The summed E-state index contributed by atoms with van der Waals surface area (Å²) in [5, 5.41) is 6.39. The Hall–Kier alpha value is -0.900. The molecule has 1 unspecified atom stereocenters. The summed E-state index contributed by atoms with van der Waals surface area (Å²) in [6, 6.07) is 5.66. The molecule has 2 N–H and O–H groups in total. The van der Waals surface area contributed by atoms with Crippen LogP contribution in [0.2, 0.25) is 0 Å². The second-order valence-electron chi connectivity index (χ2n) is 6.53. The second kappa shape index (κ2) is 12.5. The number of sulfone groups is 1. The Balaban J connectivity index is 0.00000625. The molecule has 0 bridgehead atoms. The molecule has 0 aromatic heterocycles. The summed E-state index contributed by atoms with van der Waals surface area (Å²) in [5.41, 5.74) is 0. The molecule has 0 saturated carbocycles. The number of aliphatic imine (C=N–C) groups is 1. The van der Waals surface area contributed by atoms with E-state index in [1.807, 2.05) is 6.92 Å². The lowest BCUT2D eigenvalue weighted by Gasteiger charge is -2.18. The minimum absolute atomic E-state index is 0. The van der Waals surface area contributed by atoms with Gasteiger partial charge in [0.2, 0.25) is 0 Å². The summed E-state index contributed by atoms with van der Waals surface area (Å²) in [4.78, 5) is 4.04. The zero-order valence-electron chi connectivity index (χ0n) is 16.0. The highest BCUT2D eigenvalue weighted by molar-refractivity contribution is 14.0. The van der Waals surface area contributed by atoms with Crippen LogP contribution in [0.5, 0.6) is 0 Å². The molecule has 0 spiro atoms. The first kappa shape index (κ1) is 25.1. The molecule has 150 valence electrons. The van der Waals surface area contributed by atoms with Gasteiger partial charge in [-0.05, 0) is 44.7 Å². The van der Waals surface area contributed by atoms with Gasteiger partial charge in [0.25, 0.3) is 0 Å². The molecule has 0 amide bonds. The molecular weight excluding hydrogens is 468 g/mol. The summed E-state index contributed by atoms with van der Waals surface area (Å²) >= 11 is 0. The van der Waals surface area contributed by atoms with E-state index in [4.69, 9.17) is 0 Å². The Morgan fingerprint density at radius 1 is 1.19 bits per heavy atom. The van der Waals surface area contributed by atoms with E-state index in [0.29, 0.717) is 18.4 Å². The highest BCUT2D eigenvalue weighted by Gasteiger charge is 2.18. The number of hydrogen-bond donors (Lipinski definition) is 2. The largest absolute Gasteiger partial charge is 0.357 e. The predicted octanol–water partition coefficient (Wildman–Crippen LogP) is 3.60. The normalized spacial score (nSPS) is 13.2. The van der Waals surface area contributed by atoms with E-state index in [1.165, 1.54) is 18.2 Å². The van der Waals surface area contributed by atoms with Crippen LogP contribution >= 0.6 is 24.0 Å². The fraction of sp³-hybridized carbons (Fsp3) is 0.611. The van der Waals surface area contributed by atoms with Crippen molar-refractivity contribution in [2.75, 3.05) is 18.8 Å². The van der Waals surface area contributed by atoms with Gasteiger partial charge < -0.3 is 10.6 Å². The van der Waals surface area contributed by atoms with E-state index >= 15 is 0 Å². The van der Waals surface area contributed by atoms with Crippen molar-refractivity contribution in [3.63, 3.8) is 0 Å². The van der Waals surface area contributed by atoms with E-state index in [0.717, 1.165) is 18.9 Å². The van der Waals surface area contributed by atoms with Crippen molar-refractivity contribution >= 4 is 39.8 Å². The van der Waals surface area contributed by atoms with Gasteiger partial charge in [-0.3, -0.25) is 4.99 Å². The summed E-state index contributed by atoms with van der Waals surface area (Å²) in [6.45, 7) is 9.14. The fourth-order valence-electron chi connectivity index (χ4n) is 2.29. The van der Waals surface area contributed by atoms with Crippen molar-refractivity contribution in [2.24, 2.45) is 10.9 Å². The molecule has 0 aliphatic heterocycles. The van der Waals surface area contributed by atoms with Gasteiger partial charge in [0.05, 0.1) is 12.3 Å². The molecule has 0 heterocycles. The van der Waals surface area contributed by atoms with Crippen molar-refractivity contribution in [3.05, 3.63) is 30.1 Å². The quantitative estimate of drug-likeness (QED) is 0.310. The van der Waals surface area contributed by atoms with Gasteiger partial charge in [-0.15, -0.1) is 24.0 Å². The molecule has 0 fully saturated rings. The smallest absolute Gasteiger partial charge is 0.191 e. The third kappa shape index (κ3) is 9.16. The highest BCUT2D eigenvalue weighted by atomic mass is 127. The molecule has 26 heavy (non-hydrogen) atoms. The highest BCUT2D eigenvalue weighted by Crippen LogP contribution is 2.15. The van der Waals surface area contributed by atoms with Crippen molar-refractivity contribution in [2.45, 2.75) is 51.5 Å². The van der Waals surface area contributed by atoms with E-state index < -0.39 is 15.7 Å². The lowest BCUT2D eigenvalue weighted by Crippen LogP contribution is -2.42. The van der Waals surface area contributed by atoms with E-state index in [1.54, 1.807) is 0 Å². The Kier molecular flexibility index (Phi) is 12.0. The zero-order valence-corrected chi connectivity index (χ0v) is 19.1. The predicted molar refractivity (Wildman–Crippen MR) is 117 cm³/mol. The Morgan fingerprint density at radius 3 is 2.42 bits per heavy atom. The molecular formula is C18H31FIN3O2S. The molecule has 0 aliphatic rings. The average Bonchev–Trinajstić information content (AvgIpc) is 2.53. The third-order valence-corrected chi connectivity index (χ3v) is 5.43. The zero-order chi connectivity index (χ0) is 18.9. The summed E-state index contributed by atoms with van der Waals surface area (Å²) in [6.07, 6.45) is 2.12. The Labute approximate surface area is 174 Å². The van der Waals surface area contributed by atoms with Gasteiger partial charge in [0, 0.05) is 12.6 Å². The summed E-state index contributed by atoms with van der Waals surface area (Å²) in [7, 11) is -3.69. The maximum atomic E-state index is 13.7. The van der Waals surface area contributed by atoms with Crippen LogP contribution in [0.3, 0.4) is 0 Å². The molecule has 8 heteroatoms. The number of rotatable bonds is 9. The minimum atomic E-state index is -3.69. The molecule has 1 atom stereocenters. The summed E-state index contributed by atoms with van der Waals surface area (Å²) in [5.74, 6) is 0.265. The van der Waals surface area contributed by atoms with Crippen molar-refractivity contribution in [1.29, 1.82) is 0 Å². The standard InChI is InChI=1S/C18H30FN3O2S.HI/c1-5-20-18(22-15(4)11-10-14(2)3)21-12-13-25(23,24)17-9-7-6-8-16(17)19;/h6-9,14-15H,5,10-13H2,1-4H3,(H2,20,21,22);1H. The first-order valence-corrected chi connectivity index (χ1v) is 10.4. The van der Waals surface area contributed by atoms with Gasteiger partial charge in [0.15, 0.2) is 15.8 Å². The lowest BCUT2D eigenvalue weighted by atomic mass is 10.0. The molecule has 1 aromatic carbocycles. The first-order chi connectivity index (χ1) is 11.8. The van der Waals surface area contributed by atoms with Crippen LogP contribution in [0, 0.1) is 11.7 Å². The SMILES string of the molecule is CCNC(=NCCS(=O)(=O)c1ccccc1F)NC(C)CCC(C)C.I. The number of benzene rings is 1. The third-order valence-electron chi connectivity index (χ3n) is 3.71. The average molecular weight is 499 g/mol. The monoisotopic (exact) mass is 499 g/mol. The molecule has 1 aromatic rings. The number of guanidine groups is 1. The van der Waals surface area contributed by atoms with Gasteiger partial charge in [-0.1, -0.05) is 26.0 Å². The Morgan fingerprint density at radius 2 is 1.85 bits per heavy atom. The molecule has 1 rings (SSSR count). The van der Waals surface area contributed by atoms with Crippen LogP contribution in [0.25, 0.3) is 0 Å².